The standard InChI is InChI=1S/C16H19BrN2O.ClH/c17-12-3-4-13-9(8-12)5-6-19(13)16(20)14-10-1-2-11(7-10)15(14)18;/h3-4,8,10-11,14-15H,1-2,5-7,18H2;1H. The predicted octanol–water partition coefficient (Wildman–Crippen LogP) is 3.13. The van der Waals surface area contributed by atoms with Gasteiger partial charge in [-0.05, 0) is 61.3 Å². The van der Waals surface area contributed by atoms with Crippen LogP contribution in [0, 0.1) is 17.8 Å². The molecule has 0 saturated heterocycles. The number of carbonyl (C=O) groups is 1. The Hall–Kier alpha value is -0.580. The summed E-state index contributed by atoms with van der Waals surface area (Å²) < 4.78 is 1.09. The molecule has 0 radical (unpaired) electrons. The monoisotopic (exact) mass is 370 g/mol. The Kier molecular flexibility index (Phi) is 4.06. The minimum Gasteiger partial charge on any atom is -0.327 e. The molecule has 3 aliphatic rings. The van der Waals surface area contributed by atoms with E-state index in [9.17, 15) is 4.79 Å². The largest absolute Gasteiger partial charge is 0.327 e. The molecule has 2 saturated carbocycles. The number of halogens is 2. The first-order valence-corrected chi connectivity index (χ1v) is 8.30. The Morgan fingerprint density at radius 3 is 2.76 bits per heavy atom. The minimum absolute atomic E-state index is 0. The number of nitrogens with two attached hydrogens (primary N) is 1. The van der Waals surface area contributed by atoms with Crippen LogP contribution in [0.25, 0.3) is 0 Å². The fourth-order valence-electron chi connectivity index (χ4n) is 4.48. The fraction of sp³-hybridized carbons (Fsp3) is 0.562. The van der Waals surface area contributed by atoms with Gasteiger partial charge in [0.05, 0.1) is 5.92 Å². The molecule has 1 aliphatic heterocycles. The van der Waals surface area contributed by atoms with Crippen molar-refractivity contribution in [2.45, 2.75) is 31.7 Å². The van der Waals surface area contributed by atoms with Crippen molar-refractivity contribution in [3.8, 4) is 0 Å². The van der Waals surface area contributed by atoms with Gasteiger partial charge in [0.2, 0.25) is 5.91 Å². The molecule has 5 heteroatoms. The van der Waals surface area contributed by atoms with Crippen LogP contribution in [0.3, 0.4) is 0 Å². The maximum atomic E-state index is 12.9. The quantitative estimate of drug-likeness (QED) is 0.824. The number of hydrogen-bond acceptors (Lipinski definition) is 2. The van der Waals surface area contributed by atoms with Gasteiger partial charge in [-0.1, -0.05) is 15.9 Å². The van der Waals surface area contributed by atoms with Gasteiger partial charge in [-0.2, -0.15) is 0 Å². The van der Waals surface area contributed by atoms with Crippen molar-refractivity contribution >= 4 is 39.9 Å². The molecule has 2 fully saturated rings. The zero-order valence-corrected chi connectivity index (χ0v) is 14.2. The molecule has 1 aromatic rings. The van der Waals surface area contributed by atoms with E-state index in [-0.39, 0.29) is 30.3 Å². The SMILES string of the molecule is Cl.NC1C2CCC(C2)C1C(=O)N1CCc2cc(Br)ccc21. The van der Waals surface area contributed by atoms with Gasteiger partial charge < -0.3 is 10.6 Å². The van der Waals surface area contributed by atoms with E-state index in [2.05, 4.69) is 28.1 Å². The number of anilines is 1. The lowest BCUT2D eigenvalue weighted by Gasteiger charge is -2.31. The summed E-state index contributed by atoms with van der Waals surface area (Å²) in [6.45, 7) is 0.811. The van der Waals surface area contributed by atoms with E-state index in [0.717, 1.165) is 23.1 Å². The van der Waals surface area contributed by atoms with Crippen molar-refractivity contribution in [3.05, 3.63) is 28.2 Å². The van der Waals surface area contributed by atoms with Crippen molar-refractivity contribution in [3.63, 3.8) is 0 Å². The Morgan fingerprint density at radius 2 is 2.05 bits per heavy atom. The van der Waals surface area contributed by atoms with E-state index in [1.165, 1.54) is 24.8 Å². The normalized spacial score (nSPS) is 33.0. The van der Waals surface area contributed by atoms with Gasteiger partial charge in [-0.3, -0.25) is 4.79 Å². The number of benzene rings is 1. The van der Waals surface area contributed by atoms with E-state index in [1.807, 2.05) is 11.0 Å². The Bertz CT molecular complexity index is 577. The number of hydrogen-bond donors (Lipinski definition) is 1. The molecule has 4 unspecified atom stereocenters. The first-order valence-electron chi connectivity index (χ1n) is 7.50. The third kappa shape index (κ3) is 2.32. The van der Waals surface area contributed by atoms with Crippen LogP contribution in [0.15, 0.2) is 22.7 Å². The van der Waals surface area contributed by atoms with Crippen molar-refractivity contribution < 1.29 is 4.79 Å². The molecule has 114 valence electrons. The zero-order chi connectivity index (χ0) is 13.9. The van der Waals surface area contributed by atoms with Crippen LogP contribution in [0.5, 0.6) is 0 Å². The fourth-order valence-corrected chi connectivity index (χ4v) is 4.89. The topological polar surface area (TPSA) is 46.3 Å². The number of rotatable bonds is 1. The summed E-state index contributed by atoms with van der Waals surface area (Å²) >= 11 is 3.50. The van der Waals surface area contributed by atoms with E-state index < -0.39 is 0 Å². The van der Waals surface area contributed by atoms with Crippen molar-refractivity contribution in [1.29, 1.82) is 0 Å². The molecule has 4 atom stereocenters. The van der Waals surface area contributed by atoms with Crippen molar-refractivity contribution in [2.75, 3.05) is 11.4 Å². The summed E-state index contributed by atoms with van der Waals surface area (Å²) in [5, 5.41) is 0. The van der Waals surface area contributed by atoms with Crippen molar-refractivity contribution in [2.24, 2.45) is 23.5 Å². The van der Waals surface area contributed by atoms with Crippen molar-refractivity contribution in [1.82, 2.24) is 0 Å². The van der Waals surface area contributed by atoms with Crippen LogP contribution in [0.1, 0.15) is 24.8 Å². The van der Waals surface area contributed by atoms with Gasteiger partial charge in [0, 0.05) is 22.7 Å². The van der Waals surface area contributed by atoms with Gasteiger partial charge in [0.25, 0.3) is 0 Å². The second kappa shape index (κ2) is 5.56. The summed E-state index contributed by atoms with van der Waals surface area (Å²) in [5.41, 5.74) is 8.68. The molecule has 0 aromatic heterocycles. The van der Waals surface area contributed by atoms with Gasteiger partial charge in [0.1, 0.15) is 0 Å². The molecule has 2 N–H and O–H groups in total. The molecule has 2 aliphatic carbocycles. The first-order chi connectivity index (χ1) is 9.65. The summed E-state index contributed by atoms with van der Waals surface area (Å²) in [7, 11) is 0. The Morgan fingerprint density at radius 1 is 1.29 bits per heavy atom. The van der Waals surface area contributed by atoms with Gasteiger partial charge in [-0.25, -0.2) is 0 Å². The molecule has 1 heterocycles. The second-order valence-corrected chi connectivity index (χ2v) is 7.36. The molecular formula is C16H20BrClN2O. The highest BCUT2D eigenvalue weighted by molar-refractivity contribution is 9.10. The number of fused-ring (bicyclic) bond motifs is 3. The second-order valence-electron chi connectivity index (χ2n) is 6.45. The maximum absolute atomic E-state index is 12.9. The molecule has 4 rings (SSSR count). The lowest BCUT2D eigenvalue weighted by atomic mass is 9.84. The van der Waals surface area contributed by atoms with Crippen LogP contribution in [-0.2, 0) is 11.2 Å². The summed E-state index contributed by atoms with van der Waals surface area (Å²) in [4.78, 5) is 14.9. The third-order valence-corrected chi connectivity index (χ3v) is 5.96. The first kappa shape index (κ1) is 15.3. The van der Waals surface area contributed by atoms with Gasteiger partial charge in [-0.15, -0.1) is 12.4 Å². The van der Waals surface area contributed by atoms with Gasteiger partial charge in [0.15, 0.2) is 0 Å². The third-order valence-electron chi connectivity index (χ3n) is 5.47. The molecule has 21 heavy (non-hydrogen) atoms. The molecule has 1 amide bonds. The number of carbonyl (C=O) groups excluding carboxylic acids is 1. The predicted molar refractivity (Wildman–Crippen MR) is 89.7 cm³/mol. The van der Waals surface area contributed by atoms with Crippen LogP contribution in [-0.4, -0.2) is 18.5 Å². The van der Waals surface area contributed by atoms with Crippen LogP contribution >= 0.6 is 28.3 Å². The highest BCUT2D eigenvalue weighted by Crippen LogP contribution is 2.49. The lowest BCUT2D eigenvalue weighted by Crippen LogP contribution is -2.46. The molecule has 1 aromatic carbocycles. The molecule has 2 bridgehead atoms. The highest BCUT2D eigenvalue weighted by atomic mass is 79.9. The summed E-state index contributed by atoms with van der Waals surface area (Å²) in [6, 6.07) is 6.29. The lowest BCUT2D eigenvalue weighted by molar-refractivity contribution is -0.124. The van der Waals surface area contributed by atoms with E-state index in [0.29, 0.717) is 11.8 Å². The van der Waals surface area contributed by atoms with E-state index in [1.54, 1.807) is 0 Å². The van der Waals surface area contributed by atoms with E-state index in [4.69, 9.17) is 5.73 Å². The molecular weight excluding hydrogens is 352 g/mol. The average Bonchev–Trinajstić information content (AvgIpc) is 3.10. The van der Waals surface area contributed by atoms with Crippen LogP contribution in [0.4, 0.5) is 5.69 Å². The molecule has 0 spiro atoms. The average molecular weight is 372 g/mol. The Balaban J connectivity index is 0.00000132. The summed E-state index contributed by atoms with van der Waals surface area (Å²) in [5.74, 6) is 1.44. The number of nitrogens with zero attached hydrogens (tertiary/aromatic N) is 1. The van der Waals surface area contributed by atoms with Gasteiger partial charge >= 0.3 is 0 Å². The number of amides is 1. The van der Waals surface area contributed by atoms with Crippen LogP contribution < -0.4 is 10.6 Å². The minimum atomic E-state index is 0. The summed E-state index contributed by atoms with van der Waals surface area (Å²) in [6.07, 6.45) is 4.53. The maximum Gasteiger partial charge on any atom is 0.231 e. The van der Waals surface area contributed by atoms with Crippen LogP contribution in [0.2, 0.25) is 0 Å². The molecule has 3 nitrogen and oxygen atoms in total. The highest BCUT2D eigenvalue weighted by Gasteiger charge is 2.50. The zero-order valence-electron chi connectivity index (χ0n) is 11.8. The smallest absolute Gasteiger partial charge is 0.231 e. The Labute approximate surface area is 139 Å². The van der Waals surface area contributed by atoms with E-state index >= 15 is 0 Å².